The van der Waals surface area contributed by atoms with E-state index in [1.807, 2.05) is 38.4 Å². The number of carbonyl (C=O) groups is 1. The summed E-state index contributed by atoms with van der Waals surface area (Å²) in [4.78, 5) is 28.6. The molecule has 7 nitrogen and oxygen atoms in total. The number of rotatable bonds is 8. The Bertz CT molecular complexity index is 1400. The van der Waals surface area contributed by atoms with E-state index < -0.39 is 0 Å². The molecule has 4 aromatic rings. The third-order valence-electron chi connectivity index (χ3n) is 7.07. The van der Waals surface area contributed by atoms with Crippen molar-refractivity contribution < 1.29 is 4.79 Å². The Balaban J connectivity index is 1.31. The summed E-state index contributed by atoms with van der Waals surface area (Å²) in [5.41, 5.74) is 5.99. The SMILES string of the molecule is Cc1nc(CN(Cc2ccc(CNC(=O)c3c(Cl)cncc3Cl)cc2)C2CCCc3cccnc32)cn1C. The Kier molecular flexibility index (Phi) is 8.07. The maximum Gasteiger partial charge on any atom is 0.254 e. The van der Waals surface area contributed by atoms with Crippen LogP contribution >= 0.6 is 23.2 Å². The van der Waals surface area contributed by atoms with Gasteiger partial charge < -0.3 is 9.88 Å². The molecule has 1 unspecified atom stereocenters. The van der Waals surface area contributed by atoms with Gasteiger partial charge >= 0.3 is 0 Å². The molecular formula is C29H30Cl2N6O. The van der Waals surface area contributed by atoms with E-state index in [1.165, 1.54) is 29.2 Å². The molecule has 1 atom stereocenters. The first-order valence-electron chi connectivity index (χ1n) is 12.7. The molecule has 9 heteroatoms. The molecule has 1 amide bonds. The number of amides is 1. The van der Waals surface area contributed by atoms with Gasteiger partial charge in [0, 0.05) is 51.5 Å². The standard InChI is InChI=1S/C29H30Cl2N6O/c1-19-35-23(17-36(19)2)18-37(26-7-3-5-22-6-4-12-33-28(22)26)16-21-10-8-20(9-11-21)13-34-29(38)27-24(30)14-32-15-25(27)31/h4,6,8-12,14-15,17,26H,3,5,7,13,16,18H2,1-2H3,(H,34,38). The van der Waals surface area contributed by atoms with Crippen LogP contribution < -0.4 is 5.32 Å². The maximum absolute atomic E-state index is 12.6. The number of nitrogens with zero attached hydrogens (tertiary/aromatic N) is 5. The first-order chi connectivity index (χ1) is 18.4. The average molecular weight is 550 g/mol. The van der Waals surface area contributed by atoms with Crippen LogP contribution in [-0.4, -0.2) is 30.3 Å². The molecule has 0 saturated heterocycles. The lowest BCUT2D eigenvalue weighted by Gasteiger charge is -2.34. The van der Waals surface area contributed by atoms with Crippen LogP contribution in [0, 0.1) is 6.92 Å². The Labute approximate surface area is 232 Å². The van der Waals surface area contributed by atoms with Gasteiger partial charge in [0.1, 0.15) is 5.82 Å². The van der Waals surface area contributed by atoms with Crippen LogP contribution in [0.5, 0.6) is 0 Å². The summed E-state index contributed by atoms with van der Waals surface area (Å²) in [5.74, 6) is 0.676. The molecule has 1 N–H and O–H groups in total. The van der Waals surface area contributed by atoms with E-state index in [4.69, 9.17) is 33.2 Å². The molecule has 0 fully saturated rings. The van der Waals surface area contributed by atoms with Crippen molar-refractivity contribution in [3.8, 4) is 0 Å². The molecule has 5 rings (SSSR count). The number of aryl methyl sites for hydroxylation is 3. The number of benzene rings is 1. The van der Waals surface area contributed by atoms with E-state index in [0.717, 1.165) is 49.4 Å². The van der Waals surface area contributed by atoms with Crippen LogP contribution in [0.3, 0.4) is 0 Å². The third-order valence-corrected chi connectivity index (χ3v) is 7.65. The number of aromatic nitrogens is 4. The van der Waals surface area contributed by atoms with Crippen LogP contribution in [0.25, 0.3) is 0 Å². The van der Waals surface area contributed by atoms with Crippen LogP contribution in [0.1, 0.15) is 63.1 Å². The molecule has 3 heterocycles. The largest absolute Gasteiger partial charge is 0.348 e. The summed E-state index contributed by atoms with van der Waals surface area (Å²) in [6, 6.07) is 12.8. The molecule has 0 saturated carbocycles. The number of fused-ring (bicyclic) bond motifs is 1. The van der Waals surface area contributed by atoms with Gasteiger partial charge in [-0.3, -0.25) is 19.7 Å². The second kappa shape index (κ2) is 11.6. The molecular weight excluding hydrogens is 519 g/mol. The van der Waals surface area contributed by atoms with Crippen molar-refractivity contribution in [1.82, 2.24) is 29.7 Å². The van der Waals surface area contributed by atoms with Crippen molar-refractivity contribution in [3.05, 3.63) is 111 Å². The minimum Gasteiger partial charge on any atom is -0.348 e. The van der Waals surface area contributed by atoms with Gasteiger partial charge in [-0.15, -0.1) is 0 Å². The Morgan fingerprint density at radius 2 is 1.84 bits per heavy atom. The molecule has 0 aliphatic heterocycles. The zero-order chi connectivity index (χ0) is 26.6. The summed E-state index contributed by atoms with van der Waals surface area (Å²) >= 11 is 12.2. The summed E-state index contributed by atoms with van der Waals surface area (Å²) in [7, 11) is 2.03. The number of hydrogen-bond donors (Lipinski definition) is 1. The van der Waals surface area contributed by atoms with E-state index in [0.29, 0.717) is 6.54 Å². The highest BCUT2D eigenvalue weighted by molar-refractivity contribution is 6.39. The van der Waals surface area contributed by atoms with Crippen LogP contribution in [0.4, 0.5) is 0 Å². The molecule has 38 heavy (non-hydrogen) atoms. The number of halogens is 2. The predicted octanol–water partition coefficient (Wildman–Crippen LogP) is 5.84. The topological polar surface area (TPSA) is 75.9 Å². The minimum atomic E-state index is -0.327. The van der Waals surface area contributed by atoms with E-state index >= 15 is 0 Å². The number of carbonyl (C=O) groups excluding carboxylic acids is 1. The van der Waals surface area contributed by atoms with Gasteiger partial charge in [-0.2, -0.15) is 0 Å². The fourth-order valence-corrected chi connectivity index (χ4v) is 5.57. The lowest BCUT2D eigenvalue weighted by molar-refractivity contribution is 0.0951. The summed E-state index contributed by atoms with van der Waals surface area (Å²) < 4.78 is 2.07. The number of imidazole rings is 1. The second-order valence-electron chi connectivity index (χ2n) is 9.73. The van der Waals surface area contributed by atoms with Crippen molar-refractivity contribution in [2.24, 2.45) is 7.05 Å². The van der Waals surface area contributed by atoms with E-state index in [-0.39, 0.29) is 27.6 Å². The Morgan fingerprint density at radius 1 is 1.11 bits per heavy atom. The summed E-state index contributed by atoms with van der Waals surface area (Å²) in [5, 5.41) is 3.35. The quantitative estimate of drug-likeness (QED) is 0.299. The van der Waals surface area contributed by atoms with Gasteiger partial charge in [0.15, 0.2) is 0 Å². The maximum atomic E-state index is 12.6. The van der Waals surface area contributed by atoms with E-state index in [2.05, 4.69) is 44.2 Å². The zero-order valence-corrected chi connectivity index (χ0v) is 23.0. The monoisotopic (exact) mass is 548 g/mol. The first-order valence-corrected chi connectivity index (χ1v) is 13.5. The first kappa shape index (κ1) is 26.4. The van der Waals surface area contributed by atoms with Gasteiger partial charge in [0.25, 0.3) is 5.91 Å². The molecule has 1 aromatic carbocycles. The highest BCUT2D eigenvalue weighted by Crippen LogP contribution is 2.34. The summed E-state index contributed by atoms with van der Waals surface area (Å²) in [6.45, 7) is 3.91. The lowest BCUT2D eigenvalue weighted by atomic mass is 9.90. The smallest absolute Gasteiger partial charge is 0.254 e. The van der Waals surface area contributed by atoms with Gasteiger partial charge in [0.2, 0.25) is 0 Å². The zero-order valence-electron chi connectivity index (χ0n) is 21.5. The molecule has 0 spiro atoms. The normalized spacial score (nSPS) is 14.9. The average Bonchev–Trinajstić information content (AvgIpc) is 3.23. The highest BCUT2D eigenvalue weighted by Gasteiger charge is 2.28. The fourth-order valence-electron chi connectivity index (χ4n) is 5.03. The fraction of sp³-hybridized carbons (Fsp3) is 0.310. The van der Waals surface area contributed by atoms with Gasteiger partial charge in [-0.1, -0.05) is 53.5 Å². The Morgan fingerprint density at radius 3 is 2.55 bits per heavy atom. The highest BCUT2D eigenvalue weighted by atomic mass is 35.5. The van der Waals surface area contributed by atoms with Crippen molar-refractivity contribution >= 4 is 29.1 Å². The number of pyridine rings is 2. The van der Waals surface area contributed by atoms with Crippen LogP contribution in [0.2, 0.25) is 10.0 Å². The minimum absolute atomic E-state index is 0.229. The predicted molar refractivity (Wildman–Crippen MR) is 149 cm³/mol. The molecule has 196 valence electrons. The summed E-state index contributed by atoms with van der Waals surface area (Å²) in [6.07, 6.45) is 10.1. The number of hydrogen-bond acceptors (Lipinski definition) is 5. The molecule has 0 radical (unpaired) electrons. The van der Waals surface area contributed by atoms with E-state index in [1.54, 1.807) is 0 Å². The van der Waals surface area contributed by atoms with Crippen LogP contribution in [-0.2, 0) is 33.1 Å². The molecule has 1 aliphatic carbocycles. The van der Waals surface area contributed by atoms with E-state index in [9.17, 15) is 4.79 Å². The van der Waals surface area contributed by atoms with Crippen LogP contribution in [0.15, 0.2) is 61.2 Å². The Hall–Kier alpha value is -3.26. The van der Waals surface area contributed by atoms with Crippen molar-refractivity contribution in [2.75, 3.05) is 0 Å². The van der Waals surface area contributed by atoms with Gasteiger partial charge in [0.05, 0.1) is 33.0 Å². The van der Waals surface area contributed by atoms with Crippen molar-refractivity contribution in [3.63, 3.8) is 0 Å². The lowest BCUT2D eigenvalue weighted by Crippen LogP contribution is -2.31. The van der Waals surface area contributed by atoms with Crippen molar-refractivity contribution in [2.45, 2.75) is 51.9 Å². The second-order valence-corrected chi connectivity index (χ2v) is 10.5. The van der Waals surface area contributed by atoms with Gasteiger partial charge in [-0.25, -0.2) is 4.98 Å². The van der Waals surface area contributed by atoms with Crippen molar-refractivity contribution in [1.29, 1.82) is 0 Å². The molecule has 3 aromatic heterocycles. The molecule has 1 aliphatic rings. The number of nitrogens with one attached hydrogen (secondary N) is 1. The van der Waals surface area contributed by atoms with Gasteiger partial charge in [-0.05, 0) is 48.9 Å². The third kappa shape index (κ3) is 5.90. The molecule has 0 bridgehead atoms.